The number of halogens is 4. The minimum absolute atomic E-state index is 0.00468. The Kier molecular flexibility index (Phi) is 4.85. The third-order valence-corrected chi connectivity index (χ3v) is 4.29. The Morgan fingerprint density at radius 2 is 1.96 bits per heavy atom. The van der Waals surface area contributed by atoms with Crippen molar-refractivity contribution in [2.75, 3.05) is 10.6 Å². The van der Waals surface area contributed by atoms with Crippen LogP contribution in [0, 0.1) is 5.92 Å². The number of rotatable bonds is 4. The molecule has 3 rings (SSSR count). The number of carbonyl (C=O) groups is 1. The van der Waals surface area contributed by atoms with E-state index in [0.717, 1.165) is 25.3 Å². The first kappa shape index (κ1) is 17.5. The van der Waals surface area contributed by atoms with Crippen LogP contribution in [0.3, 0.4) is 0 Å². The molecule has 1 aliphatic carbocycles. The van der Waals surface area contributed by atoms with Crippen LogP contribution in [0.1, 0.15) is 24.8 Å². The zero-order chi connectivity index (χ0) is 18.0. The van der Waals surface area contributed by atoms with Gasteiger partial charge < -0.3 is 10.6 Å². The van der Waals surface area contributed by atoms with Crippen LogP contribution < -0.4 is 10.6 Å². The monoisotopic (exact) mass is 369 g/mol. The second-order valence-electron chi connectivity index (χ2n) is 5.86. The van der Waals surface area contributed by atoms with Crippen molar-refractivity contribution >= 4 is 34.7 Å². The summed E-state index contributed by atoms with van der Waals surface area (Å²) in [6.07, 6.45) is -0.357. The molecule has 132 valence electrons. The molecule has 1 heterocycles. The third-order valence-electron chi connectivity index (χ3n) is 4.06. The number of anilines is 3. The summed E-state index contributed by atoms with van der Waals surface area (Å²) >= 11 is 5.66. The molecule has 1 aromatic carbocycles. The van der Waals surface area contributed by atoms with Gasteiger partial charge in [-0.2, -0.15) is 13.2 Å². The molecule has 1 saturated carbocycles. The van der Waals surface area contributed by atoms with E-state index in [1.807, 2.05) is 0 Å². The van der Waals surface area contributed by atoms with Gasteiger partial charge >= 0.3 is 6.18 Å². The number of hydrogen-bond donors (Lipinski definition) is 2. The van der Waals surface area contributed by atoms with E-state index in [1.165, 1.54) is 18.3 Å². The van der Waals surface area contributed by atoms with Gasteiger partial charge in [-0.25, -0.2) is 4.98 Å². The highest BCUT2D eigenvalue weighted by molar-refractivity contribution is 6.30. The van der Waals surface area contributed by atoms with Crippen molar-refractivity contribution in [1.82, 2.24) is 4.98 Å². The van der Waals surface area contributed by atoms with Crippen LogP contribution in [0.25, 0.3) is 0 Å². The van der Waals surface area contributed by atoms with Crippen molar-refractivity contribution in [3.63, 3.8) is 0 Å². The minimum Gasteiger partial charge on any atom is -0.354 e. The Labute approximate surface area is 147 Å². The highest BCUT2D eigenvalue weighted by Gasteiger charge is 2.33. The van der Waals surface area contributed by atoms with E-state index in [9.17, 15) is 18.0 Å². The lowest BCUT2D eigenvalue weighted by atomic mass is 9.85. The van der Waals surface area contributed by atoms with Gasteiger partial charge in [0, 0.05) is 10.9 Å². The maximum absolute atomic E-state index is 13.1. The van der Waals surface area contributed by atoms with Gasteiger partial charge in [-0.3, -0.25) is 4.79 Å². The molecule has 1 aromatic heterocycles. The predicted molar refractivity (Wildman–Crippen MR) is 89.9 cm³/mol. The number of benzene rings is 1. The second kappa shape index (κ2) is 6.92. The van der Waals surface area contributed by atoms with Gasteiger partial charge in [0.2, 0.25) is 5.91 Å². The molecule has 1 aliphatic rings. The number of hydrogen-bond acceptors (Lipinski definition) is 3. The maximum Gasteiger partial charge on any atom is 0.418 e. The lowest BCUT2D eigenvalue weighted by Gasteiger charge is -2.23. The topological polar surface area (TPSA) is 54.0 Å². The third kappa shape index (κ3) is 4.22. The van der Waals surface area contributed by atoms with Gasteiger partial charge in [-0.1, -0.05) is 18.0 Å². The summed E-state index contributed by atoms with van der Waals surface area (Å²) < 4.78 is 39.3. The number of nitrogens with one attached hydrogen (secondary N) is 2. The summed E-state index contributed by atoms with van der Waals surface area (Å²) in [7, 11) is 0. The molecule has 0 unspecified atom stereocenters. The fourth-order valence-electron chi connectivity index (χ4n) is 2.46. The summed E-state index contributed by atoms with van der Waals surface area (Å²) in [5.74, 6) is 0.328. The van der Waals surface area contributed by atoms with Crippen molar-refractivity contribution < 1.29 is 18.0 Å². The van der Waals surface area contributed by atoms with Crippen molar-refractivity contribution in [3.05, 3.63) is 47.1 Å². The Morgan fingerprint density at radius 1 is 1.20 bits per heavy atom. The SMILES string of the molecule is O=C(Nc1ccc(Nc2ccc(Cl)cc2C(F)(F)F)cn1)C1CCC1. The summed E-state index contributed by atoms with van der Waals surface area (Å²) in [5.41, 5.74) is -0.609. The molecule has 0 radical (unpaired) electrons. The average Bonchev–Trinajstić information content (AvgIpc) is 2.48. The van der Waals surface area contributed by atoms with Gasteiger partial charge in [0.1, 0.15) is 5.82 Å². The van der Waals surface area contributed by atoms with Crippen LogP contribution in [-0.4, -0.2) is 10.9 Å². The molecular weight excluding hydrogens is 355 g/mol. The summed E-state index contributed by atoms with van der Waals surface area (Å²) in [5, 5.41) is 5.39. The van der Waals surface area contributed by atoms with E-state index in [0.29, 0.717) is 11.5 Å². The zero-order valence-electron chi connectivity index (χ0n) is 13.0. The molecule has 1 fully saturated rings. The molecule has 0 spiro atoms. The highest BCUT2D eigenvalue weighted by atomic mass is 35.5. The molecular formula is C17H15ClF3N3O. The van der Waals surface area contributed by atoms with Crippen LogP contribution in [0.2, 0.25) is 5.02 Å². The van der Waals surface area contributed by atoms with E-state index in [1.54, 1.807) is 12.1 Å². The molecule has 2 aromatic rings. The molecule has 0 saturated heterocycles. The molecule has 0 bridgehead atoms. The first-order valence-corrected chi connectivity index (χ1v) is 8.11. The molecule has 0 aliphatic heterocycles. The molecule has 1 amide bonds. The van der Waals surface area contributed by atoms with Crippen LogP contribution in [0.4, 0.5) is 30.4 Å². The number of amides is 1. The van der Waals surface area contributed by atoms with E-state index < -0.39 is 11.7 Å². The zero-order valence-corrected chi connectivity index (χ0v) is 13.8. The normalized spacial score (nSPS) is 14.7. The number of aromatic nitrogens is 1. The highest BCUT2D eigenvalue weighted by Crippen LogP contribution is 2.37. The van der Waals surface area contributed by atoms with E-state index >= 15 is 0 Å². The number of pyridine rings is 1. The molecule has 2 N–H and O–H groups in total. The lowest BCUT2D eigenvalue weighted by molar-refractivity contribution is -0.137. The van der Waals surface area contributed by atoms with Crippen molar-refractivity contribution in [1.29, 1.82) is 0 Å². The number of carbonyl (C=O) groups excluding carboxylic acids is 1. The van der Waals surface area contributed by atoms with E-state index in [2.05, 4.69) is 15.6 Å². The first-order valence-electron chi connectivity index (χ1n) is 7.73. The van der Waals surface area contributed by atoms with Crippen molar-refractivity contribution in [3.8, 4) is 0 Å². The molecule has 0 atom stereocenters. The Morgan fingerprint density at radius 3 is 2.52 bits per heavy atom. The van der Waals surface area contributed by atoms with Gasteiger partial charge in [0.25, 0.3) is 0 Å². The van der Waals surface area contributed by atoms with Crippen LogP contribution in [-0.2, 0) is 11.0 Å². The predicted octanol–water partition coefficient (Wildman–Crippen LogP) is 5.24. The van der Waals surface area contributed by atoms with Gasteiger partial charge in [0.15, 0.2) is 0 Å². The molecule has 4 nitrogen and oxygen atoms in total. The fourth-order valence-corrected chi connectivity index (χ4v) is 2.63. The largest absolute Gasteiger partial charge is 0.418 e. The van der Waals surface area contributed by atoms with Crippen molar-refractivity contribution in [2.24, 2.45) is 5.92 Å². The number of alkyl halides is 3. The molecule has 8 heteroatoms. The van der Waals surface area contributed by atoms with Gasteiger partial charge in [-0.05, 0) is 43.2 Å². The smallest absolute Gasteiger partial charge is 0.354 e. The first-order chi connectivity index (χ1) is 11.8. The standard InChI is InChI=1S/C17H15ClF3N3O/c18-11-4-6-14(13(8-11)17(19,20)21)23-12-5-7-15(22-9-12)24-16(25)10-2-1-3-10/h4-10,23H,1-3H2,(H,22,24,25). The van der Waals surface area contributed by atoms with E-state index in [4.69, 9.17) is 11.6 Å². The Balaban J connectivity index is 1.72. The quantitative estimate of drug-likeness (QED) is 0.775. The summed E-state index contributed by atoms with van der Waals surface area (Å²) in [6, 6.07) is 6.60. The van der Waals surface area contributed by atoms with Gasteiger partial charge in [-0.15, -0.1) is 0 Å². The Bertz CT molecular complexity index is 774. The van der Waals surface area contributed by atoms with Crippen LogP contribution in [0.5, 0.6) is 0 Å². The average molecular weight is 370 g/mol. The van der Waals surface area contributed by atoms with Crippen LogP contribution in [0.15, 0.2) is 36.5 Å². The van der Waals surface area contributed by atoms with Crippen LogP contribution >= 0.6 is 11.6 Å². The molecule has 25 heavy (non-hydrogen) atoms. The summed E-state index contributed by atoms with van der Waals surface area (Å²) in [4.78, 5) is 15.9. The Hall–Kier alpha value is -2.28. The second-order valence-corrected chi connectivity index (χ2v) is 6.30. The maximum atomic E-state index is 13.1. The lowest BCUT2D eigenvalue weighted by Crippen LogP contribution is -2.28. The minimum atomic E-state index is -4.53. The van der Waals surface area contributed by atoms with E-state index in [-0.39, 0.29) is 22.5 Å². The summed E-state index contributed by atoms with van der Waals surface area (Å²) in [6.45, 7) is 0. The fraction of sp³-hybridized carbons (Fsp3) is 0.294. The van der Waals surface area contributed by atoms with Crippen molar-refractivity contribution in [2.45, 2.75) is 25.4 Å². The van der Waals surface area contributed by atoms with Gasteiger partial charge in [0.05, 0.1) is 23.1 Å². The number of nitrogens with zero attached hydrogens (tertiary/aromatic N) is 1.